The fourth-order valence-corrected chi connectivity index (χ4v) is 13.6. The second kappa shape index (κ2) is 14.3. The van der Waals surface area contributed by atoms with Crippen molar-refractivity contribution in [1.29, 1.82) is 0 Å². The van der Waals surface area contributed by atoms with Gasteiger partial charge in [0.15, 0.2) is 6.10 Å². The fourth-order valence-electron chi connectivity index (χ4n) is 13.6. The fraction of sp³-hybridized carbons (Fsp3) is 0.562. The van der Waals surface area contributed by atoms with Gasteiger partial charge in [0.1, 0.15) is 11.2 Å². The Balaban J connectivity index is 1.37. The molecule has 10 atom stereocenters. The van der Waals surface area contributed by atoms with Crippen LogP contribution in [0.3, 0.4) is 0 Å². The van der Waals surface area contributed by atoms with Gasteiger partial charge >= 0.3 is 17.9 Å². The monoisotopic (exact) mass is 834 g/mol. The van der Waals surface area contributed by atoms with Crippen molar-refractivity contribution in [2.75, 3.05) is 66.0 Å². The number of carbonyl (C=O) groups is 3. The Labute approximate surface area is 357 Å². The lowest BCUT2D eigenvalue weighted by Gasteiger charge is -2.63. The third kappa shape index (κ3) is 5.44. The van der Waals surface area contributed by atoms with Crippen molar-refractivity contribution in [2.24, 2.45) is 11.3 Å². The molecule has 5 aliphatic heterocycles. The van der Waals surface area contributed by atoms with Crippen LogP contribution in [0.1, 0.15) is 80.8 Å². The summed E-state index contributed by atoms with van der Waals surface area (Å²) in [5.74, 6) is 1.10. The minimum atomic E-state index is -2.32. The van der Waals surface area contributed by atoms with Gasteiger partial charge in [-0.2, -0.15) is 0 Å². The van der Waals surface area contributed by atoms with Crippen molar-refractivity contribution < 1.29 is 43.5 Å². The number of piperidine rings is 1. The maximum absolute atomic E-state index is 15.4. The maximum Gasteiger partial charge on any atom is 0.344 e. The summed E-state index contributed by atoms with van der Waals surface area (Å²) in [4.78, 5) is 53.2. The number of aromatic amines is 1. The van der Waals surface area contributed by atoms with Crippen LogP contribution in [0, 0.1) is 23.7 Å². The second-order valence-electron chi connectivity index (χ2n) is 18.6. The topological polar surface area (TPSA) is 154 Å². The third-order valence-electron chi connectivity index (χ3n) is 15.9. The molecule has 3 N–H and O–H groups in total. The first kappa shape index (κ1) is 41.5. The van der Waals surface area contributed by atoms with E-state index in [1.54, 1.807) is 7.11 Å². The van der Waals surface area contributed by atoms with Crippen molar-refractivity contribution in [3.63, 3.8) is 0 Å². The number of esters is 3. The Kier molecular flexibility index (Phi) is 9.75. The summed E-state index contributed by atoms with van der Waals surface area (Å²) < 4.78 is 24.0. The van der Waals surface area contributed by atoms with Crippen LogP contribution in [-0.4, -0.2) is 133 Å². The summed E-state index contributed by atoms with van der Waals surface area (Å²) in [6.45, 7) is 8.45. The van der Waals surface area contributed by atoms with E-state index in [9.17, 15) is 19.8 Å². The number of hydrogen-bond acceptors (Lipinski definition) is 12. The number of nitrogens with zero attached hydrogens (tertiary/aromatic N) is 3. The van der Waals surface area contributed by atoms with Gasteiger partial charge < -0.3 is 39.0 Å². The lowest BCUT2D eigenvalue weighted by molar-refractivity contribution is -0.228. The van der Waals surface area contributed by atoms with E-state index in [0.717, 1.165) is 33.3 Å². The minimum absolute atomic E-state index is 0.134. The van der Waals surface area contributed by atoms with E-state index in [0.29, 0.717) is 88.3 Å². The van der Waals surface area contributed by atoms with Gasteiger partial charge in [-0.3, -0.25) is 19.4 Å². The molecule has 6 aliphatic rings. The van der Waals surface area contributed by atoms with E-state index in [-0.39, 0.29) is 12.0 Å². The normalized spacial score (nSPS) is 36.0. The van der Waals surface area contributed by atoms with E-state index < -0.39 is 57.5 Å². The molecule has 2 bridgehead atoms. The van der Waals surface area contributed by atoms with Crippen molar-refractivity contribution in [1.82, 2.24) is 14.8 Å². The zero-order valence-electron chi connectivity index (χ0n) is 36.3. The number of anilines is 1. The number of nitrogens with one attached hydrogen (secondary N) is 1. The number of methoxy groups -OCH3 is 3. The van der Waals surface area contributed by atoms with Gasteiger partial charge in [-0.25, -0.2) is 4.79 Å². The van der Waals surface area contributed by atoms with Crippen LogP contribution in [0.25, 0.3) is 10.9 Å². The molecular formula is C48H58N4O9. The van der Waals surface area contributed by atoms with Crippen molar-refractivity contribution in [2.45, 2.75) is 99.5 Å². The molecule has 3 aromatic rings. The van der Waals surface area contributed by atoms with Crippen LogP contribution in [0.4, 0.5) is 5.69 Å². The summed E-state index contributed by atoms with van der Waals surface area (Å²) in [5.41, 5.74) is -1.35. The highest BCUT2D eigenvalue weighted by Gasteiger charge is 2.80. The Morgan fingerprint density at radius 1 is 0.984 bits per heavy atom. The molecular weight excluding hydrogens is 777 g/mol. The molecule has 61 heavy (non-hydrogen) atoms. The van der Waals surface area contributed by atoms with Crippen molar-refractivity contribution >= 4 is 34.5 Å². The van der Waals surface area contributed by atoms with Crippen LogP contribution in [0.15, 0.2) is 42.5 Å². The lowest BCUT2D eigenvalue weighted by atomic mass is 9.47. The van der Waals surface area contributed by atoms with Crippen LogP contribution in [-0.2, 0) is 45.8 Å². The number of hydrogen-bond donors (Lipinski definition) is 3. The highest BCUT2D eigenvalue weighted by atomic mass is 16.6. The number of fused-ring (bicyclic) bond motifs is 6. The first-order chi connectivity index (χ1) is 29.2. The minimum Gasteiger partial charge on any atom is -0.496 e. The smallest absolute Gasteiger partial charge is 0.344 e. The molecule has 9 rings (SSSR count). The zero-order chi connectivity index (χ0) is 43.4. The van der Waals surface area contributed by atoms with E-state index in [1.165, 1.54) is 21.1 Å². The molecule has 1 saturated carbocycles. The highest BCUT2D eigenvalue weighted by Crippen LogP contribution is 2.68. The van der Waals surface area contributed by atoms with Crippen LogP contribution >= 0.6 is 0 Å². The van der Waals surface area contributed by atoms with Crippen molar-refractivity contribution in [3.05, 3.63) is 70.4 Å². The number of terminal acetylenes is 1. The number of likely N-dealkylation sites (N-methyl/N-ethyl adjacent to an activating group) is 1. The number of aliphatic hydroxyl groups is 2. The molecule has 6 heterocycles. The molecule has 13 nitrogen and oxygen atoms in total. The summed E-state index contributed by atoms with van der Waals surface area (Å²) in [5, 5.41) is 26.3. The Morgan fingerprint density at radius 2 is 1.75 bits per heavy atom. The molecule has 324 valence electrons. The molecule has 0 amide bonds. The Hall–Kier alpha value is -4.87. The van der Waals surface area contributed by atoms with Crippen LogP contribution in [0.5, 0.6) is 5.75 Å². The number of benzene rings is 2. The van der Waals surface area contributed by atoms with Gasteiger partial charge in [0.25, 0.3) is 0 Å². The Morgan fingerprint density at radius 3 is 2.43 bits per heavy atom. The number of aromatic nitrogens is 1. The summed E-state index contributed by atoms with van der Waals surface area (Å²) in [6.07, 6.45) is 11.7. The summed E-state index contributed by atoms with van der Waals surface area (Å²) in [6, 6.07) is 8.59. The van der Waals surface area contributed by atoms with E-state index >= 15 is 4.79 Å². The molecule has 2 saturated heterocycles. The van der Waals surface area contributed by atoms with E-state index in [1.807, 2.05) is 62.2 Å². The molecule has 13 heteroatoms. The largest absolute Gasteiger partial charge is 0.496 e. The lowest BCUT2D eigenvalue weighted by Crippen LogP contribution is -2.81. The number of ether oxygens (including phenoxy) is 4. The van der Waals surface area contributed by atoms with Crippen molar-refractivity contribution in [3.8, 4) is 18.1 Å². The first-order valence-electron chi connectivity index (χ1n) is 21.7. The molecule has 3 fully saturated rings. The van der Waals surface area contributed by atoms with Crippen LogP contribution < -0.4 is 9.64 Å². The van der Waals surface area contributed by atoms with Crippen LogP contribution in [0.2, 0.25) is 0 Å². The molecule has 1 aliphatic carbocycles. The predicted molar refractivity (Wildman–Crippen MR) is 228 cm³/mol. The van der Waals surface area contributed by atoms with Gasteiger partial charge in [-0.15, -0.1) is 6.42 Å². The molecule has 2 aromatic carbocycles. The molecule has 0 radical (unpaired) electrons. The SMILES string of the molecule is C#Cc1ccc2[nH]c3c(c2c1)CCN1C[C@H](C[C@@](O)(CC)C1)C[C@]3(C(=O)OC)c1cc2c(cc1OC)N(C)C1[C@]23CCN2CC=C[C@@](CC)([C@@H](OC(C)=O)[C@]1(O)C(=O)OC)[C@H]23. The molecule has 1 aromatic heterocycles. The average Bonchev–Trinajstić information content (AvgIpc) is 3.92. The maximum atomic E-state index is 15.4. The second-order valence-corrected chi connectivity index (χ2v) is 18.6. The van der Waals surface area contributed by atoms with E-state index in [2.05, 4.69) is 26.8 Å². The zero-order valence-corrected chi connectivity index (χ0v) is 36.3. The third-order valence-corrected chi connectivity index (χ3v) is 15.9. The number of carbonyl (C=O) groups excluding carboxylic acids is 3. The van der Waals surface area contributed by atoms with Gasteiger partial charge in [0, 0.05) is 96.5 Å². The number of H-pyrrole nitrogens is 1. The highest BCUT2D eigenvalue weighted by molar-refractivity contribution is 5.95. The molecule has 2 unspecified atom stereocenters. The average molecular weight is 835 g/mol. The predicted octanol–water partition coefficient (Wildman–Crippen LogP) is 3.97. The summed E-state index contributed by atoms with van der Waals surface area (Å²) >= 11 is 0. The molecule has 1 spiro atoms. The van der Waals surface area contributed by atoms with Gasteiger partial charge in [0.05, 0.1) is 33.0 Å². The van der Waals surface area contributed by atoms with E-state index in [4.69, 9.17) is 25.4 Å². The van der Waals surface area contributed by atoms with Gasteiger partial charge in [-0.1, -0.05) is 31.9 Å². The number of rotatable bonds is 7. The van der Waals surface area contributed by atoms with Gasteiger partial charge in [-0.05, 0) is 86.4 Å². The standard InChI is InChI=1S/C48H58N4O9/c1-9-29-13-14-35-32(21-29)31-15-19-51-26-30(24-44(56,10-2)27-51)25-47(38(31)49-35,42(54)59-7)34-22-33-36(23-37(34)58-6)50(5)40-46(33)17-20-52-18-12-16-45(11-3,39(46)52)41(61-28(4)53)48(40,57)43(55)60-8/h1,12-14,16,21-23,30,39-41,49,56-57H,10-11,15,17-20,24-27H2,2-8H3/t30-,39+,40?,41-,44+,45-,46-,47+,48+/m1/s1. The first-order valence-corrected chi connectivity index (χ1v) is 21.7. The summed E-state index contributed by atoms with van der Waals surface area (Å²) in [7, 11) is 6.10. The quantitative estimate of drug-likeness (QED) is 0.137. The van der Waals surface area contributed by atoms with Gasteiger partial charge in [0.2, 0.25) is 5.60 Å². The Bertz CT molecular complexity index is 2400.